The molecule has 24 heavy (non-hydrogen) atoms. The number of rotatable bonds is 7. The fourth-order valence-corrected chi connectivity index (χ4v) is 2.70. The fourth-order valence-electron chi connectivity index (χ4n) is 1.87. The number of benzene rings is 1. The monoisotopic (exact) mass is 360 g/mol. The summed E-state index contributed by atoms with van der Waals surface area (Å²) < 4.78 is 33.6. The normalized spacial score (nSPS) is 14.0. The number of esters is 1. The van der Waals surface area contributed by atoms with E-state index in [4.69, 9.17) is 4.74 Å². The molecule has 1 aliphatic rings. The van der Waals surface area contributed by atoms with Gasteiger partial charge in [0.25, 0.3) is 11.1 Å². The van der Waals surface area contributed by atoms with Crippen LogP contribution in [0.4, 0.5) is 19.3 Å². The highest BCUT2D eigenvalue weighted by Crippen LogP contribution is 2.25. The van der Waals surface area contributed by atoms with Crippen molar-refractivity contribution in [3.05, 3.63) is 24.3 Å². The van der Waals surface area contributed by atoms with Crippen molar-refractivity contribution in [3.63, 3.8) is 0 Å². The van der Waals surface area contributed by atoms with E-state index >= 15 is 0 Å². The minimum absolute atomic E-state index is 0.0324. The van der Waals surface area contributed by atoms with Crippen LogP contribution in [-0.4, -0.2) is 54.1 Å². The fraction of sp³-hybridized carbons (Fsp3) is 0.357. The lowest BCUT2D eigenvalue weighted by Crippen LogP contribution is -2.32. The van der Waals surface area contributed by atoms with Gasteiger partial charge in [-0.3, -0.25) is 14.4 Å². The molecule has 1 aliphatic heterocycles. The van der Waals surface area contributed by atoms with E-state index in [0.717, 1.165) is 11.8 Å². The lowest BCUT2D eigenvalue weighted by molar-refractivity contribution is -0.147. The van der Waals surface area contributed by atoms with Gasteiger partial charge in [-0.1, -0.05) is 23.9 Å². The van der Waals surface area contributed by atoms with Crippen LogP contribution >= 0.6 is 11.8 Å². The summed E-state index contributed by atoms with van der Waals surface area (Å²) in [7, 11) is 0. The van der Waals surface area contributed by atoms with Crippen molar-refractivity contribution < 1.29 is 32.6 Å². The summed E-state index contributed by atoms with van der Waals surface area (Å²) in [6.45, 7) is -3.42. The van der Waals surface area contributed by atoms with Crippen molar-refractivity contribution in [1.29, 1.82) is 0 Å². The highest BCUT2D eigenvalue weighted by atomic mass is 32.2. The van der Waals surface area contributed by atoms with Crippen molar-refractivity contribution >= 4 is 34.6 Å². The lowest BCUT2D eigenvalue weighted by Gasteiger charge is -2.14. The number of hydrogen-bond donors (Lipinski definition) is 1. The first-order valence-corrected chi connectivity index (χ1v) is 7.85. The third-order valence-corrected chi connectivity index (χ3v) is 3.80. The Hall–Kier alpha value is -2.36. The number of thioether (sulfide) groups is 1. The number of nitrogens with one attached hydrogen (secondary N) is 1. The molecule has 7 nitrogen and oxygen atoms in total. The third kappa shape index (κ3) is 5.37. The average molecular weight is 360 g/mol. The summed E-state index contributed by atoms with van der Waals surface area (Å²) in [5.74, 6) is -1.03. The molecule has 0 atom stereocenters. The highest BCUT2D eigenvalue weighted by molar-refractivity contribution is 8.13. The van der Waals surface area contributed by atoms with E-state index in [2.05, 4.69) is 10.1 Å². The van der Waals surface area contributed by atoms with Crippen LogP contribution < -0.4 is 10.1 Å². The van der Waals surface area contributed by atoms with Crippen molar-refractivity contribution in [2.45, 2.75) is 6.61 Å². The summed E-state index contributed by atoms with van der Waals surface area (Å²) in [6.07, 6.45) is 0. The van der Waals surface area contributed by atoms with Crippen LogP contribution in [0.25, 0.3) is 0 Å². The van der Waals surface area contributed by atoms with E-state index < -0.39 is 25.1 Å². The second-order valence-corrected chi connectivity index (χ2v) is 5.67. The Bertz CT molecular complexity index is 629. The summed E-state index contributed by atoms with van der Waals surface area (Å²) in [4.78, 5) is 36.0. The topological polar surface area (TPSA) is 84.9 Å². The smallest absolute Gasteiger partial charge is 0.387 e. The van der Waals surface area contributed by atoms with Gasteiger partial charge >= 0.3 is 12.6 Å². The molecule has 0 unspecified atom stereocenters. The molecule has 1 N–H and O–H groups in total. The number of hydrogen-bond acceptors (Lipinski definition) is 6. The third-order valence-electron chi connectivity index (χ3n) is 2.91. The maximum atomic E-state index is 12.3. The van der Waals surface area contributed by atoms with Crippen LogP contribution in [0.2, 0.25) is 0 Å². The molecule has 0 radical (unpaired) electrons. The van der Waals surface area contributed by atoms with E-state index in [-0.39, 0.29) is 23.2 Å². The Morgan fingerprint density at radius 3 is 2.75 bits per heavy atom. The number of halogens is 2. The molecule has 0 aromatic heterocycles. The van der Waals surface area contributed by atoms with Gasteiger partial charge < -0.3 is 19.7 Å². The number of ether oxygens (including phenoxy) is 2. The second kappa shape index (κ2) is 8.48. The van der Waals surface area contributed by atoms with Crippen LogP contribution in [0.5, 0.6) is 5.75 Å². The molecule has 0 aliphatic carbocycles. The lowest BCUT2D eigenvalue weighted by atomic mass is 10.3. The predicted molar refractivity (Wildman–Crippen MR) is 82.1 cm³/mol. The van der Waals surface area contributed by atoms with Crippen molar-refractivity contribution in [2.24, 2.45) is 0 Å². The van der Waals surface area contributed by atoms with Crippen molar-refractivity contribution in [2.75, 3.05) is 30.8 Å². The molecule has 1 aromatic carbocycles. The zero-order valence-corrected chi connectivity index (χ0v) is 13.2. The van der Waals surface area contributed by atoms with Gasteiger partial charge in [0.15, 0.2) is 6.61 Å². The first-order valence-electron chi connectivity index (χ1n) is 6.86. The Labute approximate surface area is 140 Å². The molecule has 0 saturated carbocycles. The van der Waals surface area contributed by atoms with Gasteiger partial charge in [-0.2, -0.15) is 8.78 Å². The molecule has 1 aromatic rings. The standard InChI is InChI=1S/C14H14F2N2O5S/c15-13(16)23-10-4-2-1-3-9(10)17-11(19)8-22-12(20)7-18-5-6-24-14(18)21/h1-4,13H,5-8H2,(H,17,19). The van der Waals surface area contributed by atoms with Crippen LogP contribution in [0.1, 0.15) is 0 Å². The molecule has 0 bridgehead atoms. The number of para-hydroxylation sites is 2. The average Bonchev–Trinajstić information content (AvgIpc) is 2.92. The van der Waals surface area contributed by atoms with Crippen LogP contribution in [0.15, 0.2) is 24.3 Å². The number of carbonyl (C=O) groups excluding carboxylic acids is 3. The predicted octanol–water partition coefficient (Wildman–Crippen LogP) is 1.94. The van der Waals surface area contributed by atoms with Gasteiger partial charge in [-0.25, -0.2) is 0 Å². The molecule has 2 amide bonds. The Balaban J connectivity index is 1.81. The van der Waals surface area contributed by atoms with Crippen molar-refractivity contribution in [3.8, 4) is 5.75 Å². The number of carbonyl (C=O) groups is 3. The van der Waals surface area contributed by atoms with Crippen LogP contribution in [0.3, 0.4) is 0 Å². The van der Waals surface area contributed by atoms with Gasteiger partial charge in [-0.05, 0) is 12.1 Å². The molecule has 1 heterocycles. The zero-order valence-electron chi connectivity index (χ0n) is 12.4. The van der Waals surface area contributed by atoms with Crippen LogP contribution in [0, 0.1) is 0 Å². The van der Waals surface area contributed by atoms with Gasteiger partial charge in [-0.15, -0.1) is 0 Å². The maximum absolute atomic E-state index is 12.3. The summed E-state index contributed by atoms with van der Waals surface area (Å²) in [5, 5.41) is 2.10. The first kappa shape index (κ1) is 18.0. The Kier molecular flexibility index (Phi) is 6.36. The molecule has 10 heteroatoms. The van der Waals surface area contributed by atoms with Gasteiger partial charge in [0, 0.05) is 12.3 Å². The number of amides is 2. The SMILES string of the molecule is O=C(COC(=O)CN1CCSC1=O)Nc1ccccc1OC(F)F. The number of anilines is 1. The van der Waals surface area contributed by atoms with Gasteiger partial charge in [0.05, 0.1) is 5.69 Å². The highest BCUT2D eigenvalue weighted by Gasteiger charge is 2.24. The molecule has 0 spiro atoms. The Morgan fingerprint density at radius 1 is 1.33 bits per heavy atom. The van der Waals surface area contributed by atoms with E-state index in [0.29, 0.717) is 12.3 Å². The number of alkyl halides is 2. The molecular weight excluding hydrogens is 346 g/mol. The summed E-state index contributed by atoms with van der Waals surface area (Å²) >= 11 is 1.10. The molecule has 1 fully saturated rings. The Morgan fingerprint density at radius 2 is 2.08 bits per heavy atom. The second-order valence-electron chi connectivity index (χ2n) is 4.62. The minimum Gasteiger partial charge on any atom is -0.454 e. The van der Waals surface area contributed by atoms with E-state index in [1.165, 1.54) is 29.2 Å². The van der Waals surface area contributed by atoms with E-state index in [9.17, 15) is 23.2 Å². The molecule has 130 valence electrons. The van der Waals surface area contributed by atoms with E-state index in [1.54, 1.807) is 0 Å². The minimum atomic E-state index is -3.03. The molecule has 2 rings (SSSR count). The van der Waals surface area contributed by atoms with Crippen LogP contribution in [-0.2, 0) is 14.3 Å². The quantitative estimate of drug-likeness (QED) is 0.748. The largest absolute Gasteiger partial charge is 0.454 e. The number of nitrogens with zero attached hydrogens (tertiary/aromatic N) is 1. The zero-order chi connectivity index (χ0) is 17.5. The van der Waals surface area contributed by atoms with Crippen molar-refractivity contribution in [1.82, 2.24) is 4.90 Å². The van der Waals surface area contributed by atoms with Gasteiger partial charge in [0.2, 0.25) is 0 Å². The van der Waals surface area contributed by atoms with Gasteiger partial charge in [0.1, 0.15) is 12.3 Å². The maximum Gasteiger partial charge on any atom is 0.387 e. The summed E-state index contributed by atoms with van der Waals surface area (Å²) in [5.41, 5.74) is 0.0324. The summed E-state index contributed by atoms with van der Waals surface area (Å²) in [6, 6.07) is 5.64. The molecule has 1 saturated heterocycles. The first-order chi connectivity index (χ1) is 11.5. The molecular formula is C14H14F2N2O5S. The van der Waals surface area contributed by atoms with E-state index in [1.807, 2.05) is 0 Å².